The molecule has 2 aliphatic rings. The summed E-state index contributed by atoms with van der Waals surface area (Å²) in [6.07, 6.45) is 12.1. The fourth-order valence-electron chi connectivity index (χ4n) is 4.40. The Labute approximate surface area is 193 Å². The zero-order valence-corrected chi connectivity index (χ0v) is 18.7. The van der Waals surface area contributed by atoms with E-state index in [1.807, 2.05) is 24.3 Å². The molecule has 8 nitrogen and oxygen atoms in total. The van der Waals surface area contributed by atoms with Crippen molar-refractivity contribution >= 4 is 16.6 Å². The summed E-state index contributed by atoms with van der Waals surface area (Å²) in [6.45, 7) is 2.03. The van der Waals surface area contributed by atoms with E-state index in [1.54, 1.807) is 18.5 Å². The maximum absolute atomic E-state index is 10.1. The van der Waals surface area contributed by atoms with Crippen LogP contribution in [0.2, 0.25) is 0 Å². The van der Waals surface area contributed by atoms with Gasteiger partial charge in [0.25, 0.3) is 0 Å². The van der Waals surface area contributed by atoms with Gasteiger partial charge in [-0.1, -0.05) is 6.08 Å². The molecule has 3 aromatic rings. The number of aromatic hydroxyl groups is 1. The van der Waals surface area contributed by atoms with Gasteiger partial charge in [-0.3, -0.25) is 4.98 Å². The molecule has 8 heteroatoms. The third-order valence-corrected chi connectivity index (χ3v) is 6.21. The van der Waals surface area contributed by atoms with Crippen molar-refractivity contribution in [1.29, 1.82) is 0 Å². The molecule has 0 saturated carbocycles. The quantitative estimate of drug-likeness (QED) is 0.610. The minimum Gasteiger partial charge on any atom is -0.493 e. The number of nitrogens with two attached hydrogens (primary N) is 1. The normalized spacial score (nSPS) is 18.6. The van der Waals surface area contributed by atoms with Crippen molar-refractivity contribution in [3.63, 3.8) is 0 Å². The maximum atomic E-state index is 10.1. The van der Waals surface area contributed by atoms with Crippen LogP contribution in [0.15, 0.2) is 66.3 Å². The molecule has 1 aliphatic carbocycles. The van der Waals surface area contributed by atoms with Crippen LogP contribution in [0.1, 0.15) is 25.7 Å². The van der Waals surface area contributed by atoms with Crippen molar-refractivity contribution < 1.29 is 9.84 Å². The number of allylic oxidation sites excluding steroid dienone is 3. The first kappa shape index (κ1) is 21.2. The standard InChI is InChI=1S/C25H28N6O2/c1-30(19-5-2-6-20(14-19)31-13-3-4-17(26)16-31)18-7-9-21(10-8-18)33-25-28-23-15-27-12-11-22(23)24(32)29-25/h5,7-12,14-15,17H,2-4,6,13,16,26H2,1H3,(H,28,29,32). The van der Waals surface area contributed by atoms with Gasteiger partial charge < -0.3 is 25.4 Å². The summed E-state index contributed by atoms with van der Waals surface area (Å²) in [5.41, 5.74) is 10.3. The highest BCUT2D eigenvalue weighted by Crippen LogP contribution is 2.30. The lowest BCUT2D eigenvalue weighted by molar-refractivity contribution is 0.252. The van der Waals surface area contributed by atoms with Gasteiger partial charge in [0.2, 0.25) is 5.88 Å². The molecule has 0 spiro atoms. The van der Waals surface area contributed by atoms with E-state index in [-0.39, 0.29) is 17.9 Å². The van der Waals surface area contributed by atoms with Gasteiger partial charge in [-0.2, -0.15) is 9.97 Å². The van der Waals surface area contributed by atoms with Crippen LogP contribution in [0.3, 0.4) is 0 Å². The first-order valence-corrected chi connectivity index (χ1v) is 11.3. The number of nitrogens with zero attached hydrogens (tertiary/aromatic N) is 5. The number of likely N-dealkylation sites (N-methyl/N-ethyl adjacent to an activating group) is 1. The first-order valence-electron chi connectivity index (χ1n) is 11.3. The Morgan fingerprint density at radius 1 is 1.18 bits per heavy atom. The molecular weight excluding hydrogens is 416 g/mol. The molecule has 0 radical (unpaired) electrons. The summed E-state index contributed by atoms with van der Waals surface area (Å²) in [5, 5.41) is 10.7. The molecule has 2 aromatic heterocycles. The smallest absolute Gasteiger partial charge is 0.325 e. The van der Waals surface area contributed by atoms with Crippen LogP contribution in [-0.4, -0.2) is 51.1 Å². The van der Waals surface area contributed by atoms with Gasteiger partial charge in [-0.05, 0) is 62.1 Å². The number of benzene rings is 1. The van der Waals surface area contributed by atoms with Crippen LogP contribution < -0.4 is 15.4 Å². The second-order valence-corrected chi connectivity index (χ2v) is 8.53. The van der Waals surface area contributed by atoms with E-state index in [1.165, 1.54) is 11.4 Å². The van der Waals surface area contributed by atoms with E-state index < -0.39 is 0 Å². The van der Waals surface area contributed by atoms with Crippen molar-refractivity contribution in [2.24, 2.45) is 5.73 Å². The molecule has 33 heavy (non-hydrogen) atoms. The largest absolute Gasteiger partial charge is 0.493 e. The zero-order chi connectivity index (χ0) is 22.8. The summed E-state index contributed by atoms with van der Waals surface area (Å²) in [4.78, 5) is 17.0. The van der Waals surface area contributed by atoms with Gasteiger partial charge in [0, 0.05) is 49.5 Å². The summed E-state index contributed by atoms with van der Waals surface area (Å²) < 4.78 is 5.78. The lowest BCUT2D eigenvalue weighted by Crippen LogP contribution is -2.42. The molecule has 0 bridgehead atoms. The lowest BCUT2D eigenvalue weighted by Gasteiger charge is -2.36. The number of pyridine rings is 1. The predicted octanol–water partition coefficient (Wildman–Crippen LogP) is 3.94. The Kier molecular flexibility index (Phi) is 5.83. The minimum absolute atomic E-state index is 0.0800. The number of anilines is 1. The average Bonchev–Trinajstić information content (AvgIpc) is 2.84. The minimum atomic E-state index is -0.129. The number of hydrogen-bond acceptors (Lipinski definition) is 8. The number of rotatable bonds is 5. The van der Waals surface area contributed by atoms with Gasteiger partial charge in [0.05, 0.1) is 17.1 Å². The molecule has 1 saturated heterocycles. The second-order valence-electron chi connectivity index (χ2n) is 8.53. The molecule has 1 aliphatic heterocycles. The highest BCUT2D eigenvalue weighted by molar-refractivity contribution is 5.82. The number of piperidine rings is 1. The monoisotopic (exact) mass is 444 g/mol. The van der Waals surface area contributed by atoms with E-state index in [0.29, 0.717) is 16.7 Å². The van der Waals surface area contributed by atoms with E-state index >= 15 is 0 Å². The Morgan fingerprint density at radius 3 is 2.85 bits per heavy atom. The summed E-state index contributed by atoms with van der Waals surface area (Å²) in [5.74, 6) is 0.459. The molecule has 170 valence electrons. The summed E-state index contributed by atoms with van der Waals surface area (Å²) in [6, 6.07) is 9.75. The van der Waals surface area contributed by atoms with E-state index in [2.05, 4.69) is 44.0 Å². The fourth-order valence-corrected chi connectivity index (χ4v) is 4.40. The number of likely N-dealkylation sites (tertiary alicyclic amines) is 1. The molecule has 1 atom stereocenters. The molecule has 0 amide bonds. The number of fused-ring (bicyclic) bond motifs is 1. The third kappa shape index (κ3) is 4.61. The van der Waals surface area contributed by atoms with Crippen LogP contribution >= 0.6 is 0 Å². The average molecular weight is 445 g/mol. The van der Waals surface area contributed by atoms with Crippen molar-refractivity contribution in [2.45, 2.75) is 31.7 Å². The lowest BCUT2D eigenvalue weighted by atomic mass is 10.0. The van der Waals surface area contributed by atoms with Crippen LogP contribution in [0.5, 0.6) is 17.6 Å². The Bertz CT molecular complexity index is 1210. The number of ether oxygens (including phenoxy) is 1. The van der Waals surface area contributed by atoms with Gasteiger partial charge >= 0.3 is 6.01 Å². The Morgan fingerprint density at radius 2 is 2.03 bits per heavy atom. The zero-order valence-electron chi connectivity index (χ0n) is 18.7. The summed E-state index contributed by atoms with van der Waals surface area (Å²) in [7, 11) is 2.07. The van der Waals surface area contributed by atoms with E-state index in [9.17, 15) is 5.11 Å². The highest BCUT2D eigenvalue weighted by atomic mass is 16.5. The van der Waals surface area contributed by atoms with Gasteiger partial charge in [0.15, 0.2) is 0 Å². The van der Waals surface area contributed by atoms with Crippen LogP contribution in [0.4, 0.5) is 5.69 Å². The molecule has 1 aromatic carbocycles. The van der Waals surface area contributed by atoms with E-state index in [0.717, 1.165) is 44.5 Å². The third-order valence-electron chi connectivity index (χ3n) is 6.21. The fraction of sp³-hybridized carbons (Fsp3) is 0.320. The molecule has 5 rings (SSSR count). The van der Waals surface area contributed by atoms with Crippen LogP contribution in [-0.2, 0) is 0 Å². The second kappa shape index (κ2) is 9.07. The molecular formula is C25H28N6O2. The van der Waals surface area contributed by atoms with Crippen molar-refractivity contribution in [2.75, 3.05) is 25.0 Å². The van der Waals surface area contributed by atoms with Gasteiger partial charge in [0.1, 0.15) is 5.75 Å². The molecule has 3 N–H and O–H groups in total. The van der Waals surface area contributed by atoms with Crippen molar-refractivity contribution in [3.05, 3.63) is 66.3 Å². The van der Waals surface area contributed by atoms with Crippen LogP contribution in [0.25, 0.3) is 10.9 Å². The van der Waals surface area contributed by atoms with Crippen molar-refractivity contribution in [3.8, 4) is 17.6 Å². The van der Waals surface area contributed by atoms with Gasteiger partial charge in [-0.25, -0.2) is 0 Å². The van der Waals surface area contributed by atoms with E-state index in [4.69, 9.17) is 10.5 Å². The highest BCUT2D eigenvalue weighted by Gasteiger charge is 2.21. The van der Waals surface area contributed by atoms with Crippen LogP contribution in [0, 0.1) is 0 Å². The number of aromatic nitrogens is 3. The maximum Gasteiger partial charge on any atom is 0.325 e. The first-order chi connectivity index (χ1) is 16.1. The molecule has 1 unspecified atom stereocenters. The Balaban J connectivity index is 1.29. The topological polar surface area (TPSA) is 101 Å². The predicted molar refractivity (Wildman–Crippen MR) is 128 cm³/mol. The summed E-state index contributed by atoms with van der Waals surface area (Å²) >= 11 is 0. The molecule has 3 heterocycles. The SMILES string of the molecule is CN(C1=CCCC(N2CCCC(N)C2)=C1)c1ccc(Oc2nc(O)c3ccncc3n2)cc1. The van der Waals surface area contributed by atoms with Crippen molar-refractivity contribution in [1.82, 2.24) is 19.9 Å². The number of hydrogen-bond donors (Lipinski definition) is 2. The van der Waals surface area contributed by atoms with Gasteiger partial charge in [-0.15, -0.1) is 0 Å². The Hall–Kier alpha value is -3.65. The molecule has 1 fully saturated rings.